The van der Waals surface area contributed by atoms with Gasteiger partial charge in [0.25, 0.3) is 5.91 Å². The smallest absolute Gasteiger partial charge is 0.269 e. The number of carbonyl (C=O) groups is 1. The van der Waals surface area contributed by atoms with Crippen molar-refractivity contribution in [3.63, 3.8) is 0 Å². The van der Waals surface area contributed by atoms with Crippen LogP contribution >= 0.6 is 0 Å². The third-order valence-electron chi connectivity index (χ3n) is 1.48. The first kappa shape index (κ1) is 7.79. The van der Waals surface area contributed by atoms with Crippen molar-refractivity contribution in [2.75, 3.05) is 0 Å². The van der Waals surface area contributed by atoms with Crippen LogP contribution in [0.4, 0.5) is 0 Å². The molecule has 0 atom stereocenters. The van der Waals surface area contributed by atoms with E-state index in [1.807, 2.05) is 31.2 Å². The second kappa shape index (κ2) is 3.19. The van der Waals surface area contributed by atoms with Gasteiger partial charge in [0.05, 0.1) is 6.42 Å². The molecule has 1 aromatic carbocycles. The number of aryl methyl sites for hydroxylation is 1. The van der Waals surface area contributed by atoms with Crippen molar-refractivity contribution in [3.8, 4) is 0 Å². The molecule has 0 aliphatic rings. The summed E-state index contributed by atoms with van der Waals surface area (Å²) >= 11 is 0. The van der Waals surface area contributed by atoms with Gasteiger partial charge in [-0.2, -0.15) is 0 Å². The fraction of sp³-hybridized carbons (Fsp3) is 0.222. The highest BCUT2D eigenvalue weighted by molar-refractivity contribution is 5.75. The molecule has 0 N–H and O–H groups in total. The summed E-state index contributed by atoms with van der Waals surface area (Å²) in [7, 11) is 0. The standard InChI is InChI=1S/C9H9NO/c1-7-2-4-8(5-3-7)6-9(10)11/h2-5H,6H2,1H3. The van der Waals surface area contributed by atoms with Gasteiger partial charge in [0.15, 0.2) is 0 Å². The van der Waals surface area contributed by atoms with E-state index < -0.39 is 5.91 Å². The first-order valence-corrected chi connectivity index (χ1v) is 3.46. The molecule has 1 rings (SSSR count). The van der Waals surface area contributed by atoms with Crippen molar-refractivity contribution in [1.82, 2.24) is 5.73 Å². The van der Waals surface area contributed by atoms with Crippen LogP contribution in [0.1, 0.15) is 11.1 Å². The van der Waals surface area contributed by atoms with Gasteiger partial charge in [0, 0.05) is 0 Å². The SMILES string of the molecule is Cc1ccc(CC([N])=O)cc1. The van der Waals surface area contributed by atoms with Gasteiger partial charge >= 0.3 is 0 Å². The summed E-state index contributed by atoms with van der Waals surface area (Å²) in [6.07, 6.45) is 0.111. The van der Waals surface area contributed by atoms with Crippen LogP contribution in [0.15, 0.2) is 24.3 Å². The molecule has 2 radical (unpaired) electrons. The van der Waals surface area contributed by atoms with Gasteiger partial charge in [-0.05, 0) is 12.5 Å². The summed E-state index contributed by atoms with van der Waals surface area (Å²) in [4.78, 5) is 10.3. The molecule has 11 heavy (non-hydrogen) atoms. The van der Waals surface area contributed by atoms with E-state index in [1.54, 1.807) is 0 Å². The fourth-order valence-electron chi connectivity index (χ4n) is 0.881. The summed E-state index contributed by atoms with van der Waals surface area (Å²) in [5.41, 5.74) is 10.4. The molecule has 0 fully saturated rings. The molecule has 0 unspecified atom stereocenters. The lowest BCUT2D eigenvalue weighted by Gasteiger charge is -1.95. The van der Waals surface area contributed by atoms with Crippen molar-refractivity contribution in [2.24, 2.45) is 0 Å². The average Bonchev–Trinajstić information content (AvgIpc) is 1.93. The molecular formula is C9H9NO. The maximum absolute atomic E-state index is 10.3. The summed E-state index contributed by atoms with van der Waals surface area (Å²) in [5, 5.41) is 0. The van der Waals surface area contributed by atoms with Crippen LogP contribution in [0.25, 0.3) is 0 Å². The van der Waals surface area contributed by atoms with E-state index in [1.165, 1.54) is 0 Å². The van der Waals surface area contributed by atoms with Gasteiger partial charge in [-0.25, -0.2) is 0 Å². The summed E-state index contributed by atoms with van der Waals surface area (Å²) in [6, 6.07) is 7.50. The highest BCUT2D eigenvalue weighted by atomic mass is 16.1. The Balaban J connectivity index is 2.74. The van der Waals surface area contributed by atoms with Crippen molar-refractivity contribution in [1.29, 1.82) is 0 Å². The Morgan fingerprint density at radius 2 is 1.91 bits per heavy atom. The Morgan fingerprint density at radius 1 is 1.36 bits per heavy atom. The molecule has 2 heteroatoms. The zero-order chi connectivity index (χ0) is 8.27. The van der Waals surface area contributed by atoms with Crippen LogP contribution in [0.3, 0.4) is 0 Å². The predicted molar refractivity (Wildman–Crippen MR) is 42.0 cm³/mol. The second-order valence-corrected chi connectivity index (χ2v) is 2.56. The molecule has 0 heterocycles. The van der Waals surface area contributed by atoms with E-state index in [0.29, 0.717) is 0 Å². The van der Waals surface area contributed by atoms with E-state index in [0.717, 1.165) is 11.1 Å². The molecule has 1 amide bonds. The topological polar surface area (TPSA) is 39.4 Å². The van der Waals surface area contributed by atoms with Crippen molar-refractivity contribution in [2.45, 2.75) is 13.3 Å². The molecule has 0 aromatic heterocycles. The lowest BCUT2D eigenvalue weighted by Crippen LogP contribution is -2.01. The van der Waals surface area contributed by atoms with E-state index in [-0.39, 0.29) is 6.42 Å². The predicted octanol–water partition coefficient (Wildman–Crippen LogP) is 1.13. The molecule has 2 nitrogen and oxygen atoms in total. The van der Waals surface area contributed by atoms with Crippen LogP contribution in [0.5, 0.6) is 0 Å². The highest BCUT2D eigenvalue weighted by Gasteiger charge is 1.98. The first-order valence-electron chi connectivity index (χ1n) is 3.46. The quantitative estimate of drug-likeness (QED) is 0.618. The number of hydrogen-bond acceptors (Lipinski definition) is 1. The third kappa shape index (κ3) is 2.42. The molecule has 0 spiro atoms. The largest absolute Gasteiger partial charge is 0.271 e. The lowest BCUT2D eigenvalue weighted by atomic mass is 10.1. The van der Waals surface area contributed by atoms with Crippen LogP contribution in [-0.2, 0) is 11.2 Å². The van der Waals surface area contributed by atoms with Gasteiger partial charge in [-0.3, -0.25) is 4.79 Å². The Labute approximate surface area is 66.0 Å². The van der Waals surface area contributed by atoms with Gasteiger partial charge in [0.1, 0.15) is 0 Å². The zero-order valence-electron chi connectivity index (χ0n) is 6.37. The zero-order valence-corrected chi connectivity index (χ0v) is 6.37. The molecule has 0 saturated carbocycles. The maximum atomic E-state index is 10.3. The molecule has 0 saturated heterocycles. The minimum Gasteiger partial charge on any atom is -0.271 e. The van der Waals surface area contributed by atoms with Crippen molar-refractivity contribution in [3.05, 3.63) is 35.4 Å². The number of amides is 1. The molecule has 56 valence electrons. The minimum absolute atomic E-state index is 0.111. The van der Waals surface area contributed by atoms with Crippen molar-refractivity contribution < 1.29 is 4.79 Å². The summed E-state index contributed by atoms with van der Waals surface area (Å²) < 4.78 is 0. The lowest BCUT2D eigenvalue weighted by molar-refractivity contribution is -0.118. The fourth-order valence-corrected chi connectivity index (χ4v) is 0.881. The minimum atomic E-state index is -0.783. The summed E-state index contributed by atoms with van der Waals surface area (Å²) in [6.45, 7) is 1.98. The Morgan fingerprint density at radius 3 is 2.36 bits per heavy atom. The first-order chi connectivity index (χ1) is 5.18. The monoisotopic (exact) mass is 147 g/mol. The number of carbonyl (C=O) groups excluding carboxylic acids is 1. The number of benzene rings is 1. The van der Waals surface area contributed by atoms with E-state index in [2.05, 4.69) is 0 Å². The molecule has 0 aliphatic heterocycles. The second-order valence-electron chi connectivity index (χ2n) is 2.56. The van der Waals surface area contributed by atoms with Gasteiger partial charge in [-0.1, -0.05) is 29.8 Å². The summed E-state index contributed by atoms with van der Waals surface area (Å²) in [5.74, 6) is -0.783. The number of nitrogens with zero attached hydrogens (tertiary/aromatic N) is 1. The van der Waals surface area contributed by atoms with Crippen LogP contribution in [0.2, 0.25) is 0 Å². The van der Waals surface area contributed by atoms with E-state index >= 15 is 0 Å². The van der Waals surface area contributed by atoms with Crippen LogP contribution in [-0.4, -0.2) is 5.91 Å². The van der Waals surface area contributed by atoms with Crippen LogP contribution < -0.4 is 5.73 Å². The molecule has 0 aliphatic carbocycles. The van der Waals surface area contributed by atoms with Gasteiger partial charge < -0.3 is 0 Å². The third-order valence-corrected chi connectivity index (χ3v) is 1.48. The van der Waals surface area contributed by atoms with Crippen molar-refractivity contribution >= 4 is 5.91 Å². The number of hydrogen-bond donors (Lipinski definition) is 0. The Kier molecular flexibility index (Phi) is 2.26. The highest BCUT2D eigenvalue weighted by Crippen LogP contribution is 2.03. The maximum Gasteiger partial charge on any atom is 0.269 e. The molecule has 0 bridgehead atoms. The Bertz CT molecular complexity index is 251. The Hall–Kier alpha value is -1.31. The molecular weight excluding hydrogens is 138 g/mol. The van der Waals surface area contributed by atoms with Crippen LogP contribution in [0, 0.1) is 6.92 Å². The van der Waals surface area contributed by atoms with Gasteiger partial charge in [-0.15, -0.1) is 5.73 Å². The van der Waals surface area contributed by atoms with Gasteiger partial charge in [0.2, 0.25) is 0 Å². The average molecular weight is 147 g/mol. The van der Waals surface area contributed by atoms with E-state index in [4.69, 9.17) is 5.73 Å². The van der Waals surface area contributed by atoms with E-state index in [9.17, 15) is 4.79 Å². The normalized spacial score (nSPS) is 9.55. The molecule has 1 aromatic rings. The number of rotatable bonds is 2.